The van der Waals surface area contributed by atoms with Gasteiger partial charge in [0.15, 0.2) is 5.01 Å². The Bertz CT molecular complexity index is 1300. The third kappa shape index (κ3) is 7.36. The summed E-state index contributed by atoms with van der Waals surface area (Å²) in [7, 11) is -0.900. The van der Waals surface area contributed by atoms with Crippen LogP contribution >= 0.6 is 11.3 Å². The molecule has 0 aliphatic rings. The highest BCUT2D eigenvalue weighted by molar-refractivity contribution is 7.89. The number of ketones is 1. The molecule has 0 fully saturated rings. The van der Waals surface area contributed by atoms with E-state index in [1.54, 1.807) is 22.4 Å². The molecular formula is C25H29N3O6S2. The Morgan fingerprint density at radius 2 is 1.72 bits per heavy atom. The average Bonchev–Trinajstić information content (AvgIpc) is 3.31. The summed E-state index contributed by atoms with van der Waals surface area (Å²) in [5, 5.41) is 6.66. The molecule has 1 amide bonds. The fraction of sp³-hybridized carbons (Fsp3) is 0.320. The number of nitrogens with zero attached hydrogens (tertiary/aromatic N) is 2. The van der Waals surface area contributed by atoms with Crippen molar-refractivity contribution in [2.75, 3.05) is 26.5 Å². The fourth-order valence-electron chi connectivity index (χ4n) is 3.71. The summed E-state index contributed by atoms with van der Waals surface area (Å²) < 4.78 is 33.4. The monoisotopic (exact) mass is 531 g/mol. The SMILES string of the molecule is COc1cc(C(=O)N(CCCc2ccccc2)Cc2csc(C(=O)CS(N)(=O)=O)n2)cc(OC)c1C. The number of primary sulfonamides is 1. The molecule has 0 atom stereocenters. The Labute approximate surface area is 214 Å². The van der Waals surface area contributed by atoms with Gasteiger partial charge in [0.25, 0.3) is 5.91 Å². The van der Waals surface area contributed by atoms with E-state index in [1.165, 1.54) is 14.2 Å². The second-order valence-corrected chi connectivity index (χ2v) is 10.7. The highest BCUT2D eigenvalue weighted by Crippen LogP contribution is 2.30. The van der Waals surface area contributed by atoms with Crippen LogP contribution in [0.1, 0.15) is 43.4 Å². The van der Waals surface area contributed by atoms with Crippen LogP contribution in [0, 0.1) is 6.92 Å². The summed E-state index contributed by atoms with van der Waals surface area (Å²) in [4.78, 5) is 31.7. The van der Waals surface area contributed by atoms with Gasteiger partial charge in [0, 0.05) is 23.1 Å². The van der Waals surface area contributed by atoms with Gasteiger partial charge in [-0.2, -0.15) is 0 Å². The minimum Gasteiger partial charge on any atom is -0.496 e. The van der Waals surface area contributed by atoms with E-state index in [1.807, 2.05) is 37.3 Å². The van der Waals surface area contributed by atoms with E-state index in [0.29, 0.717) is 35.7 Å². The van der Waals surface area contributed by atoms with Crippen molar-refractivity contribution in [1.82, 2.24) is 9.88 Å². The molecule has 1 heterocycles. The van der Waals surface area contributed by atoms with E-state index in [-0.39, 0.29) is 17.5 Å². The molecule has 2 N–H and O–H groups in total. The summed E-state index contributed by atoms with van der Waals surface area (Å²) in [5.74, 6) is -0.672. The number of ether oxygens (including phenoxy) is 2. The predicted octanol–water partition coefficient (Wildman–Crippen LogP) is 3.22. The maximum absolute atomic E-state index is 13.6. The predicted molar refractivity (Wildman–Crippen MR) is 138 cm³/mol. The number of Topliss-reactive ketones (excluding diaryl/α,β-unsaturated/α-hetero) is 1. The van der Waals surface area contributed by atoms with Crippen molar-refractivity contribution in [3.63, 3.8) is 0 Å². The molecule has 1 aromatic heterocycles. The van der Waals surface area contributed by atoms with Crippen molar-refractivity contribution in [2.45, 2.75) is 26.3 Å². The second-order valence-electron chi connectivity index (χ2n) is 8.20. The van der Waals surface area contributed by atoms with Gasteiger partial charge in [-0.3, -0.25) is 9.59 Å². The first kappa shape index (κ1) is 27.3. The number of amides is 1. The molecule has 192 valence electrons. The Balaban J connectivity index is 1.84. The zero-order chi connectivity index (χ0) is 26.3. The zero-order valence-electron chi connectivity index (χ0n) is 20.4. The van der Waals surface area contributed by atoms with Crippen molar-refractivity contribution >= 4 is 33.1 Å². The first-order valence-electron chi connectivity index (χ1n) is 11.1. The van der Waals surface area contributed by atoms with Gasteiger partial charge >= 0.3 is 0 Å². The molecule has 0 radical (unpaired) electrons. The molecule has 0 saturated heterocycles. The average molecular weight is 532 g/mol. The Kier molecular flexibility index (Phi) is 9.19. The van der Waals surface area contributed by atoms with Crippen molar-refractivity contribution in [2.24, 2.45) is 5.14 Å². The molecule has 3 rings (SSSR count). The molecule has 11 heteroatoms. The maximum Gasteiger partial charge on any atom is 0.254 e. The topological polar surface area (TPSA) is 129 Å². The van der Waals surface area contributed by atoms with Crippen LogP contribution in [0.25, 0.3) is 0 Å². The Morgan fingerprint density at radius 3 is 2.31 bits per heavy atom. The minimum absolute atomic E-state index is 0.0365. The van der Waals surface area contributed by atoms with E-state index in [0.717, 1.165) is 28.9 Å². The first-order chi connectivity index (χ1) is 17.1. The summed E-state index contributed by atoms with van der Waals surface area (Å²) in [5.41, 5.74) is 2.82. The van der Waals surface area contributed by atoms with E-state index >= 15 is 0 Å². The zero-order valence-corrected chi connectivity index (χ0v) is 22.0. The van der Waals surface area contributed by atoms with Gasteiger partial charge in [-0.1, -0.05) is 30.3 Å². The fourth-order valence-corrected chi connectivity index (χ4v) is 5.05. The van der Waals surface area contributed by atoms with E-state index in [2.05, 4.69) is 4.98 Å². The number of thiazole rings is 1. The maximum atomic E-state index is 13.6. The molecule has 0 bridgehead atoms. The summed E-state index contributed by atoms with van der Waals surface area (Å²) in [6.07, 6.45) is 1.48. The van der Waals surface area contributed by atoms with E-state index < -0.39 is 21.6 Å². The number of carbonyl (C=O) groups excluding carboxylic acids is 2. The minimum atomic E-state index is -3.96. The number of methoxy groups -OCH3 is 2. The van der Waals surface area contributed by atoms with Crippen LogP contribution < -0.4 is 14.6 Å². The standard InChI is InChI=1S/C25H29N3O6S2/c1-17-22(33-2)12-19(13-23(17)34-3)25(30)28(11-7-10-18-8-5-4-6-9-18)14-20-15-35-24(27-20)21(29)16-36(26,31)32/h4-6,8-9,12-13,15H,7,10-11,14,16H2,1-3H3,(H2,26,31,32). The lowest BCUT2D eigenvalue weighted by atomic mass is 10.1. The molecule has 3 aromatic rings. The summed E-state index contributed by atoms with van der Waals surface area (Å²) >= 11 is 1.02. The molecule has 0 aliphatic carbocycles. The molecule has 36 heavy (non-hydrogen) atoms. The molecular weight excluding hydrogens is 502 g/mol. The number of aromatic nitrogens is 1. The molecule has 9 nitrogen and oxygen atoms in total. The number of hydrogen-bond acceptors (Lipinski definition) is 8. The van der Waals surface area contributed by atoms with E-state index in [9.17, 15) is 18.0 Å². The lowest BCUT2D eigenvalue weighted by Gasteiger charge is -2.23. The number of sulfonamides is 1. The third-order valence-electron chi connectivity index (χ3n) is 5.50. The number of aryl methyl sites for hydroxylation is 1. The van der Waals surface area contributed by atoms with Crippen LogP contribution in [0.2, 0.25) is 0 Å². The number of nitrogens with two attached hydrogens (primary N) is 1. The van der Waals surface area contributed by atoms with Gasteiger partial charge in [-0.25, -0.2) is 18.5 Å². The van der Waals surface area contributed by atoms with Crippen molar-refractivity contribution in [3.8, 4) is 11.5 Å². The molecule has 0 saturated carbocycles. The van der Waals surface area contributed by atoms with Crippen LogP contribution in [-0.2, 0) is 23.0 Å². The quantitative estimate of drug-likeness (QED) is 0.355. The lowest BCUT2D eigenvalue weighted by molar-refractivity contribution is 0.0738. The van der Waals surface area contributed by atoms with Crippen LogP contribution in [0.4, 0.5) is 0 Å². The van der Waals surface area contributed by atoms with Crippen LogP contribution in [-0.4, -0.2) is 56.5 Å². The van der Waals surface area contributed by atoms with Gasteiger partial charge in [0.1, 0.15) is 17.3 Å². The molecule has 0 spiro atoms. The highest BCUT2D eigenvalue weighted by Gasteiger charge is 2.22. The van der Waals surface area contributed by atoms with Crippen molar-refractivity contribution < 1.29 is 27.5 Å². The number of rotatable bonds is 12. The molecule has 0 aliphatic heterocycles. The number of hydrogen-bond donors (Lipinski definition) is 1. The number of carbonyl (C=O) groups is 2. The van der Waals surface area contributed by atoms with Crippen LogP contribution in [0.3, 0.4) is 0 Å². The van der Waals surface area contributed by atoms with Gasteiger partial charge in [0.05, 0.1) is 26.5 Å². The van der Waals surface area contributed by atoms with Gasteiger partial charge < -0.3 is 14.4 Å². The van der Waals surface area contributed by atoms with Crippen LogP contribution in [0.15, 0.2) is 47.8 Å². The van der Waals surface area contributed by atoms with Crippen LogP contribution in [0.5, 0.6) is 11.5 Å². The smallest absolute Gasteiger partial charge is 0.254 e. The Hall–Kier alpha value is -3.28. The summed E-state index contributed by atoms with van der Waals surface area (Å²) in [6.45, 7) is 2.43. The van der Waals surface area contributed by atoms with Gasteiger partial charge in [0.2, 0.25) is 15.8 Å². The first-order valence-corrected chi connectivity index (χ1v) is 13.7. The molecule has 0 unspecified atom stereocenters. The Morgan fingerprint density at radius 1 is 1.08 bits per heavy atom. The normalized spacial score (nSPS) is 11.2. The largest absolute Gasteiger partial charge is 0.496 e. The lowest BCUT2D eigenvalue weighted by Crippen LogP contribution is -2.32. The molecule has 2 aromatic carbocycles. The third-order valence-corrected chi connectivity index (χ3v) is 7.09. The van der Waals surface area contributed by atoms with Crippen molar-refractivity contribution in [1.29, 1.82) is 0 Å². The second kappa shape index (κ2) is 12.1. The van der Waals surface area contributed by atoms with Crippen molar-refractivity contribution in [3.05, 3.63) is 75.2 Å². The highest BCUT2D eigenvalue weighted by atomic mass is 32.2. The van der Waals surface area contributed by atoms with Gasteiger partial charge in [-0.15, -0.1) is 11.3 Å². The number of benzene rings is 2. The van der Waals surface area contributed by atoms with E-state index in [4.69, 9.17) is 14.6 Å². The van der Waals surface area contributed by atoms with Gasteiger partial charge in [-0.05, 0) is 37.5 Å². The summed E-state index contributed by atoms with van der Waals surface area (Å²) in [6, 6.07) is 13.3.